The van der Waals surface area contributed by atoms with Gasteiger partial charge in [0, 0.05) is 6.04 Å². The summed E-state index contributed by atoms with van der Waals surface area (Å²) in [6, 6.07) is 10.6. The Morgan fingerprint density at radius 3 is 2.48 bits per heavy atom. The monoisotopic (exact) mass is 369 g/mol. The van der Waals surface area contributed by atoms with Gasteiger partial charge in [0.25, 0.3) is 5.91 Å². The van der Waals surface area contributed by atoms with Gasteiger partial charge in [0.1, 0.15) is 11.6 Å². The molecule has 3 rings (SSSR count). The number of aromatic nitrogens is 2. The molecule has 0 bridgehead atoms. The number of rotatable bonds is 5. The molecule has 2 N–H and O–H groups in total. The maximum atomic E-state index is 14.1. The number of carboxylic acids is 1. The van der Waals surface area contributed by atoms with Crippen molar-refractivity contribution in [3.63, 3.8) is 0 Å². The maximum absolute atomic E-state index is 14.1. The van der Waals surface area contributed by atoms with Gasteiger partial charge in [-0.15, -0.1) is 0 Å². The van der Waals surface area contributed by atoms with Gasteiger partial charge in [-0.3, -0.25) is 4.79 Å². The molecule has 140 valence electrons. The number of carbonyl (C=O) groups is 2. The van der Waals surface area contributed by atoms with Crippen molar-refractivity contribution in [2.75, 3.05) is 0 Å². The first-order chi connectivity index (χ1) is 12.8. The summed E-state index contributed by atoms with van der Waals surface area (Å²) < 4.78 is 16.2. The van der Waals surface area contributed by atoms with Crippen molar-refractivity contribution in [2.45, 2.75) is 32.9 Å². The number of carboxylic acid groups (broad SMARTS) is 1. The SMILES string of the molecule is CC(NC(=O)c1ccc(C(=O)O)cc1F)c1nc2ccccc2n1C(C)C. The number of halogens is 1. The van der Waals surface area contributed by atoms with E-state index < -0.39 is 23.7 Å². The lowest BCUT2D eigenvalue weighted by atomic mass is 10.1. The number of aromatic carboxylic acids is 1. The molecule has 0 aliphatic carbocycles. The van der Waals surface area contributed by atoms with Gasteiger partial charge in [-0.2, -0.15) is 0 Å². The second kappa shape index (κ2) is 7.19. The second-order valence-electron chi connectivity index (χ2n) is 6.62. The van der Waals surface area contributed by atoms with Crippen LogP contribution in [0.4, 0.5) is 4.39 Å². The van der Waals surface area contributed by atoms with Gasteiger partial charge in [-0.25, -0.2) is 14.2 Å². The first-order valence-electron chi connectivity index (χ1n) is 8.60. The van der Waals surface area contributed by atoms with Crippen LogP contribution in [0.15, 0.2) is 42.5 Å². The van der Waals surface area contributed by atoms with Gasteiger partial charge in [-0.1, -0.05) is 12.1 Å². The summed E-state index contributed by atoms with van der Waals surface area (Å²) in [5.74, 6) is -2.08. The zero-order valence-corrected chi connectivity index (χ0v) is 15.2. The molecule has 3 aromatic rings. The van der Waals surface area contributed by atoms with Crippen LogP contribution in [0.2, 0.25) is 0 Å². The van der Waals surface area contributed by atoms with E-state index in [0.717, 1.165) is 17.1 Å². The fraction of sp³-hybridized carbons (Fsp3) is 0.250. The molecule has 0 fully saturated rings. The van der Waals surface area contributed by atoms with E-state index in [1.165, 1.54) is 12.1 Å². The Morgan fingerprint density at radius 1 is 1.15 bits per heavy atom. The molecule has 0 saturated carbocycles. The average molecular weight is 369 g/mol. The van der Waals surface area contributed by atoms with E-state index in [1.807, 2.05) is 42.7 Å². The van der Waals surface area contributed by atoms with E-state index in [0.29, 0.717) is 5.82 Å². The van der Waals surface area contributed by atoms with Crippen LogP contribution < -0.4 is 5.32 Å². The lowest BCUT2D eigenvalue weighted by Gasteiger charge is -2.19. The molecule has 6 nitrogen and oxygen atoms in total. The van der Waals surface area contributed by atoms with E-state index in [2.05, 4.69) is 10.3 Å². The maximum Gasteiger partial charge on any atom is 0.335 e. The number of fused-ring (bicyclic) bond motifs is 1. The molecule has 0 spiro atoms. The third-order valence-corrected chi connectivity index (χ3v) is 4.34. The van der Waals surface area contributed by atoms with Crippen molar-refractivity contribution in [2.24, 2.45) is 0 Å². The van der Waals surface area contributed by atoms with E-state index in [-0.39, 0.29) is 17.2 Å². The highest BCUT2D eigenvalue weighted by Crippen LogP contribution is 2.25. The highest BCUT2D eigenvalue weighted by atomic mass is 19.1. The summed E-state index contributed by atoms with van der Waals surface area (Å²) in [5.41, 5.74) is 1.36. The Labute approximate surface area is 155 Å². The Kier molecular flexibility index (Phi) is 4.94. The van der Waals surface area contributed by atoms with Gasteiger partial charge in [0.15, 0.2) is 0 Å². The molecular formula is C20H20FN3O3. The van der Waals surface area contributed by atoms with Crippen LogP contribution in [0, 0.1) is 5.82 Å². The number of nitrogens with zero attached hydrogens (tertiary/aromatic N) is 2. The summed E-state index contributed by atoms with van der Waals surface area (Å²) in [6.45, 7) is 5.83. The van der Waals surface area contributed by atoms with E-state index in [9.17, 15) is 14.0 Å². The number of imidazole rings is 1. The number of hydrogen-bond acceptors (Lipinski definition) is 3. The summed E-state index contributed by atoms with van der Waals surface area (Å²) in [5, 5.41) is 11.7. The molecule has 27 heavy (non-hydrogen) atoms. The number of benzene rings is 2. The van der Waals surface area contributed by atoms with Crippen LogP contribution in [-0.2, 0) is 0 Å². The highest BCUT2D eigenvalue weighted by Gasteiger charge is 2.22. The predicted octanol–water partition coefficient (Wildman–Crippen LogP) is 3.95. The molecule has 1 aromatic heterocycles. The molecule has 0 saturated heterocycles. The summed E-state index contributed by atoms with van der Waals surface area (Å²) in [6.07, 6.45) is 0. The molecule has 2 aromatic carbocycles. The van der Waals surface area contributed by atoms with E-state index in [4.69, 9.17) is 5.11 Å². The summed E-state index contributed by atoms with van der Waals surface area (Å²) in [4.78, 5) is 28.0. The standard InChI is InChI=1S/C20H20FN3O3/c1-11(2)24-17-7-5-4-6-16(17)23-18(24)12(3)22-19(25)14-9-8-13(20(26)27)10-15(14)21/h4-12H,1-3H3,(H,22,25)(H,26,27). The molecule has 0 aliphatic rings. The molecule has 0 aliphatic heterocycles. The minimum atomic E-state index is -1.25. The van der Waals surface area contributed by atoms with Gasteiger partial charge >= 0.3 is 5.97 Å². The lowest BCUT2D eigenvalue weighted by molar-refractivity contribution is 0.0695. The van der Waals surface area contributed by atoms with Crippen LogP contribution in [0.25, 0.3) is 11.0 Å². The topological polar surface area (TPSA) is 84.2 Å². The summed E-state index contributed by atoms with van der Waals surface area (Å²) >= 11 is 0. The van der Waals surface area contributed by atoms with Gasteiger partial charge < -0.3 is 15.0 Å². The zero-order chi connectivity index (χ0) is 19.7. The second-order valence-corrected chi connectivity index (χ2v) is 6.62. The quantitative estimate of drug-likeness (QED) is 0.713. The van der Waals surface area contributed by atoms with Gasteiger partial charge in [0.05, 0.1) is 28.2 Å². The van der Waals surface area contributed by atoms with Crippen LogP contribution >= 0.6 is 0 Å². The fourth-order valence-electron chi connectivity index (χ4n) is 3.08. The van der Waals surface area contributed by atoms with Gasteiger partial charge in [-0.05, 0) is 51.1 Å². The largest absolute Gasteiger partial charge is 0.478 e. The molecule has 1 unspecified atom stereocenters. The van der Waals surface area contributed by atoms with Crippen LogP contribution in [0.1, 0.15) is 59.4 Å². The Hall–Kier alpha value is -3.22. The summed E-state index contributed by atoms with van der Waals surface area (Å²) in [7, 11) is 0. The zero-order valence-electron chi connectivity index (χ0n) is 15.2. The van der Waals surface area contributed by atoms with Crippen molar-refractivity contribution in [3.05, 3.63) is 65.2 Å². The Balaban J connectivity index is 1.90. The first-order valence-corrected chi connectivity index (χ1v) is 8.60. The van der Waals surface area contributed by atoms with Crippen molar-refractivity contribution >= 4 is 22.9 Å². The van der Waals surface area contributed by atoms with E-state index >= 15 is 0 Å². The van der Waals surface area contributed by atoms with Crippen molar-refractivity contribution in [3.8, 4) is 0 Å². The van der Waals surface area contributed by atoms with Crippen LogP contribution in [0.5, 0.6) is 0 Å². The van der Waals surface area contributed by atoms with Crippen molar-refractivity contribution < 1.29 is 19.1 Å². The molecule has 0 radical (unpaired) electrons. The molecule has 1 atom stereocenters. The molecular weight excluding hydrogens is 349 g/mol. The molecule has 7 heteroatoms. The van der Waals surface area contributed by atoms with Crippen LogP contribution in [-0.4, -0.2) is 26.5 Å². The van der Waals surface area contributed by atoms with Crippen molar-refractivity contribution in [1.29, 1.82) is 0 Å². The van der Waals surface area contributed by atoms with Gasteiger partial charge in [0.2, 0.25) is 0 Å². The predicted molar refractivity (Wildman–Crippen MR) is 99.4 cm³/mol. The normalized spacial score (nSPS) is 12.3. The Morgan fingerprint density at radius 2 is 1.85 bits per heavy atom. The first kappa shape index (κ1) is 18.6. The van der Waals surface area contributed by atoms with Crippen molar-refractivity contribution in [1.82, 2.24) is 14.9 Å². The number of hydrogen-bond donors (Lipinski definition) is 2. The number of carbonyl (C=O) groups excluding carboxylic acids is 1. The number of amides is 1. The molecule has 1 heterocycles. The lowest BCUT2D eigenvalue weighted by Crippen LogP contribution is -2.29. The van der Waals surface area contributed by atoms with E-state index in [1.54, 1.807) is 6.92 Å². The highest BCUT2D eigenvalue weighted by molar-refractivity contribution is 5.96. The smallest absolute Gasteiger partial charge is 0.335 e. The number of para-hydroxylation sites is 2. The third-order valence-electron chi connectivity index (χ3n) is 4.34. The third kappa shape index (κ3) is 3.53. The Bertz CT molecular complexity index is 1030. The molecule has 1 amide bonds. The minimum absolute atomic E-state index is 0.123. The average Bonchev–Trinajstić information content (AvgIpc) is 3.01. The fourth-order valence-corrected chi connectivity index (χ4v) is 3.08. The van der Waals surface area contributed by atoms with Crippen LogP contribution in [0.3, 0.4) is 0 Å². The minimum Gasteiger partial charge on any atom is -0.478 e. The number of nitrogens with one attached hydrogen (secondary N) is 1.